The second-order valence-corrected chi connectivity index (χ2v) is 5.54. The quantitative estimate of drug-likeness (QED) is 0.935. The topological polar surface area (TPSA) is 58.9 Å². The summed E-state index contributed by atoms with van der Waals surface area (Å²) in [5.41, 5.74) is 0.695. The Kier molecular flexibility index (Phi) is 4.49. The van der Waals surface area contributed by atoms with Crippen LogP contribution in [0.15, 0.2) is 12.3 Å². The van der Waals surface area contributed by atoms with Crippen LogP contribution in [0.3, 0.4) is 0 Å². The Morgan fingerprint density at radius 2 is 1.91 bits per heavy atom. The lowest BCUT2D eigenvalue weighted by Crippen LogP contribution is -2.18. The normalized spacial score (nSPS) is 13.0. The number of aryl methyl sites for hydroxylation is 2. The highest BCUT2D eigenvalue weighted by Gasteiger charge is 2.34. The molecule has 0 aliphatic carbocycles. The van der Waals surface area contributed by atoms with Crippen LogP contribution in [0.25, 0.3) is 0 Å². The lowest BCUT2D eigenvalue weighted by molar-refractivity contribution is -0.141. The number of aromatic nitrogens is 4. The van der Waals surface area contributed by atoms with Crippen LogP contribution in [0.4, 0.5) is 24.9 Å². The first-order valence-electron chi connectivity index (χ1n) is 6.98. The third-order valence-corrected chi connectivity index (χ3v) is 3.32. The van der Waals surface area contributed by atoms with Crippen LogP contribution in [0.1, 0.15) is 29.9 Å². The van der Waals surface area contributed by atoms with Crippen LogP contribution in [0, 0.1) is 6.92 Å². The Labute approximate surface area is 132 Å². The first-order chi connectivity index (χ1) is 10.6. The van der Waals surface area contributed by atoms with Crippen molar-refractivity contribution in [1.82, 2.24) is 19.7 Å². The van der Waals surface area contributed by atoms with E-state index in [1.807, 2.05) is 20.0 Å². The molecule has 0 amide bonds. The van der Waals surface area contributed by atoms with Crippen molar-refractivity contribution in [2.45, 2.75) is 26.1 Å². The van der Waals surface area contributed by atoms with Crippen molar-refractivity contribution >= 4 is 11.8 Å². The fourth-order valence-corrected chi connectivity index (χ4v) is 2.19. The summed E-state index contributed by atoms with van der Waals surface area (Å²) in [5.74, 6) is 0.115. The molecule has 2 aromatic rings. The van der Waals surface area contributed by atoms with Gasteiger partial charge < -0.3 is 10.2 Å². The Morgan fingerprint density at radius 1 is 1.26 bits per heavy atom. The Hall–Kier alpha value is -2.32. The molecule has 0 spiro atoms. The molecule has 0 saturated carbocycles. The van der Waals surface area contributed by atoms with Crippen LogP contribution in [0.2, 0.25) is 0 Å². The summed E-state index contributed by atoms with van der Waals surface area (Å²) in [7, 11) is 5.04. The molecule has 0 aromatic carbocycles. The molecule has 6 nitrogen and oxygen atoms in total. The molecule has 0 aliphatic heterocycles. The molecule has 0 unspecified atom stereocenters. The highest BCUT2D eigenvalue weighted by molar-refractivity contribution is 5.45. The third kappa shape index (κ3) is 3.91. The smallest absolute Gasteiger partial charge is 0.363 e. The van der Waals surface area contributed by atoms with Crippen molar-refractivity contribution in [3.8, 4) is 0 Å². The van der Waals surface area contributed by atoms with Gasteiger partial charge in [-0.3, -0.25) is 4.68 Å². The van der Waals surface area contributed by atoms with Crippen molar-refractivity contribution in [1.29, 1.82) is 0 Å². The van der Waals surface area contributed by atoms with E-state index >= 15 is 0 Å². The van der Waals surface area contributed by atoms with Gasteiger partial charge in [0.2, 0.25) is 5.95 Å². The highest BCUT2D eigenvalue weighted by Crippen LogP contribution is 2.31. The molecule has 9 heteroatoms. The van der Waals surface area contributed by atoms with E-state index in [9.17, 15) is 13.2 Å². The molecule has 1 atom stereocenters. The van der Waals surface area contributed by atoms with Crippen LogP contribution in [-0.2, 0) is 13.2 Å². The van der Waals surface area contributed by atoms with Gasteiger partial charge in [-0.05, 0) is 13.8 Å². The molecule has 0 saturated heterocycles. The fraction of sp³-hybridized carbons (Fsp3) is 0.500. The van der Waals surface area contributed by atoms with Crippen molar-refractivity contribution in [3.05, 3.63) is 29.2 Å². The minimum Gasteiger partial charge on any atom is -0.363 e. The van der Waals surface area contributed by atoms with Gasteiger partial charge >= 0.3 is 6.18 Å². The molecule has 126 valence electrons. The van der Waals surface area contributed by atoms with E-state index < -0.39 is 11.9 Å². The molecule has 0 radical (unpaired) electrons. The van der Waals surface area contributed by atoms with Gasteiger partial charge in [-0.1, -0.05) is 0 Å². The van der Waals surface area contributed by atoms with Gasteiger partial charge in [0.25, 0.3) is 0 Å². The SMILES string of the molecule is Cc1nn(C)cc1[C@H](C)Nc1nc(N(C)C)cc(C(F)(F)F)n1. The van der Waals surface area contributed by atoms with Gasteiger partial charge in [-0.2, -0.15) is 23.3 Å². The van der Waals surface area contributed by atoms with E-state index in [0.29, 0.717) is 0 Å². The Morgan fingerprint density at radius 3 is 2.39 bits per heavy atom. The highest BCUT2D eigenvalue weighted by atomic mass is 19.4. The maximum Gasteiger partial charge on any atom is 0.433 e. The van der Waals surface area contributed by atoms with Gasteiger partial charge in [0.05, 0.1) is 11.7 Å². The summed E-state index contributed by atoms with van der Waals surface area (Å²) in [6.07, 6.45) is -2.72. The molecule has 2 heterocycles. The number of nitrogens with zero attached hydrogens (tertiary/aromatic N) is 5. The summed E-state index contributed by atoms with van der Waals surface area (Å²) in [6, 6.07) is 0.646. The molecule has 1 N–H and O–H groups in total. The molecular formula is C14H19F3N6. The summed E-state index contributed by atoms with van der Waals surface area (Å²) < 4.78 is 40.6. The Bertz CT molecular complexity index is 692. The van der Waals surface area contributed by atoms with Crippen LogP contribution in [0.5, 0.6) is 0 Å². The zero-order chi connectivity index (χ0) is 17.4. The zero-order valence-corrected chi connectivity index (χ0v) is 13.6. The van der Waals surface area contributed by atoms with E-state index in [0.717, 1.165) is 17.3 Å². The number of nitrogens with one attached hydrogen (secondary N) is 1. The number of halogens is 3. The average Bonchev–Trinajstić information content (AvgIpc) is 2.76. The molecule has 2 rings (SSSR count). The predicted molar refractivity (Wildman–Crippen MR) is 81.3 cm³/mol. The summed E-state index contributed by atoms with van der Waals surface area (Å²) >= 11 is 0. The Balaban J connectivity index is 2.35. The maximum absolute atomic E-state index is 13.0. The summed E-state index contributed by atoms with van der Waals surface area (Å²) in [5, 5.41) is 7.14. The van der Waals surface area contributed by atoms with Gasteiger partial charge in [0.15, 0.2) is 5.69 Å². The van der Waals surface area contributed by atoms with Crippen LogP contribution in [-0.4, -0.2) is 33.8 Å². The zero-order valence-electron chi connectivity index (χ0n) is 13.6. The first kappa shape index (κ1) is 17.0. The van der Waals surface area contributed by atoms with E-state index in [2.05, 4.69) is 20.4 Å². The molecule has 0 aliphatic rings. The minimum atomic E-state index is -4.53. The van der Waals surface area contributed by atoms with Crippen molar-refractivity contribution in [3.63, 3.8) is 0 Å². The van der Waals surface area contributed by atoms with Crippen molar-refractivity contribution in [2.75, 3.05) is 24.3 Å². The number of rotatable bonds is 4. The van der Waals surface area contributed by atoms with Gasteiger partial charge in [-0.15, -0.1) is 0 Å². The molecule has 0 fully saturated rings. The number of hydrogen-bond donors (Lipinski definition) is 1. The van der Waals surface area contributed by atoms with Gasteiger partial charge in [0.1, 0.15) is 5.82 Å². The van der Waals surface area contributed by atoms with Crippen LogP contribution < -0.4 is 10.2 Å². The van der Waals surface area contributed by atoms with Crippen molar-refractivity contribution in [2.24, 2.45) is 7.05 Å². The molecule has 2 aromatic heterocycles. The van der Waals surface area contributed by atoms with Crippen LogP contribution >= 0.6 is 0 Å². The molecule has 0 bridgehead atoms. The number of alkyl halides is 3. The van der Waals surface area contributed by atoms with Gasteiger partial charge in [0, 0.05) is 39.0 Å². The minimum absolute atomic E-state index is 0.0701. The maximum atomic E-state index is 13.0. The van der Waals surface area contributed by atoms with E-state index in [4.69, 9.17) is 0 Å². The predicted octanol–water partition coefficient (Wildman–Crippen LogP) is 2.78. The second-order valence-electron chi connectivity index (χ2n) is 5.54. The summed E-state index contributed by atoms with van der Waals surface area (Å²) in [4.78, 5) is 9.21. The fourth-order valence-electron chi connectivity index (χ4n) is 2.19. The van der Waals surface area contributed by atoms with Gasteiger partial charge in [-0.25, -0.2) is 4.98 Å². The van der Waals surface area contributed by atoms with E-state index in [1.165, 1.54) is 4.90 Å². The number of anilines is 2. The molecule has 23 heavy (non-hydrogen) atoms. The average molecular weight is 328 g/mol. The van der Waals surface area contributed by atoms with E-state index in [1.54, 1.807) is 25.8 Å². The lowest BCUT2D eigenvalue weighted by Gasteiger charge is -2.18. The second kappa shape index (κ2) is 6.05. The van der Waals surface area contributed by atoms with E-state index in [-0.39, 0.29) is 17.8 Å². The molecular weight excluding hydrogens is 309 g/mol. The third-order valence-electron chi connectivity index (χ3n) is 3.32. The first-order valence-corrected chi connectivity index (χ1v) is 6.98. The largest absolute Gasteiger partial charge is 0.433 e. The monoisotopic (exact) mass is 328 g/mol. The summed E-state index contributed by atoms with van der Waals surface area (Å²) in [6.45, 7) is 3.66. The van der Waals surface area contributed by atoms with Crippen molar-refractivity contribution < 1.29 is 13.2 Å². The lowest BCUT2D eigenvalue weighted by atomic mass is 10.1. The standard InChI is InChI=1S/C14H19F3N6/c1-8(10-7-23(5)21-9(10)2)18-13-19-11(14(15,16)17)6-12(20-13)22(3)4/h6-8H,1-5H3,(H,18,19,20)/t8-/m0/s1. The number of hydrogen-bond acceptors (Lipinski definition) is 5.